The highest BCUT2D eigenvalue weighted by Gasteiger charge is 2.18. The summed E-state index contributed by atoms with van der Waals surface area (Å²) in [6.45, 7) is 16.1. The molecule has 1 aromatic heterocycles. The summed E-state index contributed by atoms with van der Waals surface area (Å²) in [7, 11) is 1.69. The maximum Gasteiger partial charge on any atom is 0.120 e. The van der Waals surface area contributed by atoms with Crippen LogP contribution in [0.15, 0.2) is 71.6 Å². The Bertz CT molecular complexity index is 1150. The molecule has 0 aliphatic rings. The molecule has 5 nitrogen and oxygen atoms in total. The normalized spacial score (nSPS) is 10.2. The van der Waals surface area contributed by atoms with Crippen molar-refractivity contribution in [1.29, 1.82) is 0 Å². The van der Waals surface area contributed by atoms with Gasteiger partial charge in [0.25, 0.3) is 0 Å². The number of hydrogen-bond acceptors (Lipinski definition) is 7. The van der Waals surface area contributed by atoms with Gasteiger partial charge in [-0.05, 0) is 67.3 Å². The van der Waals surface area contributed by atoms with E-state index in [0.717, 1.165) is 38.0 Å². The molecule has 0 saturated carbocycles. The van der Waals surface area contributed by atoms with E-state index in [1.165, 1.54) is 11.1 Å². The third kappa shape index (κ3) is 11.4. The molecule has 0 spiro atoms. The highest BCUT2D eigenvalue weighted by Crippen LogP contribution is 2.33. The molecular weight excluding hydrogens is 498 g/mol. The van der Waals surface area contributed by atoms with Crippen LogP contribution < -0.4 is 15.2 Å². The van der Waals surface area contributed by atoms with Crippen molar-refractivity contribution in [3.8, 4) is 5.75 Å². The molecule has 202 valence electrons. The first-order valence-corrected chi connectivity index (χ1v) is 14.3. The molecule has 37 heavy (non-hydrogen) atoms. The van der Waals surface area contributed by atoms with Gasteiger partial charge in [-0.1, -0.05) is 77.4 Å². The number of benzene rings is 3. The van der Waals surface area contributed by atoms with Crippen LogP contribution in [-0.4, -0.2) is 18.9 Å². The lowest BCUT2D eigenvalue weighted by Gasteiger charge is -2.16. The SMILES string of the molecule is C=O.CC.CC.CC.COc1ccc2nc(C(Cc3cccc(C)c3)NSc3cccc(N)c3)sc2c1. The van der Waals surface area contributed by atoms with Crippen LogP contribution >= 0.6 is 23.3 Å². The van der Waals surface area contributed by atoms with E-state index >= 15 is 0 Å². The summed E-state index contributed by atoms with van der Waals surface area (Å²) in [4.78, 5) is 14.0. The molecule has 1 unspecified atom stereocenters. The van der Waals surface area contributed by atoms with Crippen LogP contribution in [-0.2, 0) is 11.2 Å². The van der Waals surface area contributed by atoms with Gasteiger partial charge >= 0.3 is 0 Å². The first-order valence-electron chi connectivity index (χ1n) is 12.7. The summed E-state index contributed by atoms with van der Waals surface area (Å²) in [5, 5.41) is 1.06. The molecule has 1 atom stereocenters. The smallest absolute Gasteiger partial charge is 0.120 e. The van der Waals surface area contributed by atoms with Crippen molar-refractivity contribution in [2.45, 2.75) is 65.8 Å². The molecule has 4 aromatic rings. The summed E-state index contributed by atoms with van der Waals surface area (Å²) in [5.41, 5.74) is 10.2. The second kappa shape index (κ2) is 20.2. The summed E-state index contributed by atoms with van der Waals surface area (Å²) in [6.07, 6.45) is 0.855. The molecule has 0 aliphatic carbocycles. The number of fused-ring (bicyclic) bond motifs is 1. The van der Waals surface area contributed by atoms with E-state index in [4.69, 9.17) is 20.2 Å². The first-order chi connectivity index (χ1) is 18.1. The number of aromatic nitrogens is 1. The van der Waals surface area contributed by atoms with Crippen LogP contribution in [0.4, 0.5) is 5.69 Å². The molecule has 1 heterocycles. The van der Waals surface area contributed by atoms with Crippen molar-refractivity contribution in [3.05, 3.63) is 82.9 Å². The van der Waals surface area contributed by atoms with Gasteiger partial charge in [-0.3, -0.25) is 0 Å². The Kier molecular flexibility index (Phi) is 18.6. The van der Waals surface area contributed by atoms with Crippen molar-refractivity contribution < 1.29 is 9.53 Å². The number of hydrogen-bond donors (Lipinski definition) is 2. The minimum atomic E-state index is 0.0756. The minimum absolute atomic E-state index is 0.0756. The fourth-order valence-electron chi connectivity index (χ4n) is 3.17. The van der Waals surface area contributed by atoms with Crippen molar-refractivity contribution in [3.63, 3.8) is 0 Å². The molecule has 0 bridgehead atoms. The molecule has 0 radical (unpaired) electrons. The van der Waals surface area contributed by atoms with Gasteiger partial charge in [-0.2, -0.15) is 0 Å². The number of carbonyl (C=O) groups excluding carboxylic acids is 1. The Labute approximate surface area is 232 Å². The third-order valence-corrected chi connectivity index (χ3v) is 6.63. The largest absolute Gasteiger partial charge is 0.497 e. The van der Waals surface area contributed by atoms with Gasteiger partial charge in [0.1, 0.15) is 17.5 Å². The number of aryl methyl sites for hydroxylation is 1. The fourth-order valence-corrected chi connectivity index (χ4v) is 5.11. The van der Waals surface area contributed by atoms with E-state index in [-0.39, 0.29) is 6.04 Å². The predicted molar refractivity (Wildman–Crippen MR) is 165 cm³/mol. The topological polar surface area (TPSA) is 77.2 Å². The number of ether oxygens (including phenoxy) is 1. The quantitative estimate of drug-likeness (QED) is 0.180. The first kappa shape index (κ1) is 34.1. The second-order valence-corrected chi connectivity index (χ2v) is 8.90. The Morgan fingerprint density at radius 3 is 2.27 bits per heavy atom. The minimum Gasteiger partial charge on any atom is -0.497 e. The van der Waals surface area contributed by atoms with Gasteiger partial charge in [0.15, 0.2) is 0 Å². The maximum absolute atomic E-state index is 8.00. The Morgan fingerprint density at radius 1 is 0.973 bits per heavy atom. The lowest BCUT2D eigenvalue weighted by atomic mass is 10.0. The molecule has 0 fully saturated rings. The third-order valence-electron chi connectivity index (χ3n) is 4.61. The Hall–Kier alpha value is -2.87. The van der Waals surface area contributed by atoms with Crippen molar-refractivity contribution >= 4 is 46.0 Å². The van der Waals surface area contributed by atoms with Crippen LogP contribution in [0, 0.1) is 6.92 Å². The zero-order valence-corrected chi connectivity index (χ0v) is 25.1. The van der Waals surface area contributed by atoms with E-state index in [1.807, 2.05) is 84.7 Å². The standard InChI is InChI=1S/C23H23N3OS2.3C2H6.CH2O/c1-15-5-3-6-16(11-15)12-21(26-29-19-8-4-7-17(24)13-19)23-25-20-10-9-18(27-2)14-22(20)28-23;4*1-2/h3-11,13-14,21,26H,12,24H2,1-2H3;3*1-2H3;1H2. The maximum atomic E-state index is 8.00. The number of nitrogens with one attached hydrogen (secondary N) is 1. The van der Waals surface area contributed by atoms with Crippen LogP contribution in [0.5, 0.6) is 5.75 Å². The fraction of sp³-hybridized carbons (Fsp3) is 0.333. The molecule has 0 amide bonds. The average molecular weight is 542 g/mol. The zero-order valence-electron chi connectivity index (χ0n) is 23.5. The molecular formula is C30H43N3O2S2. The summed E-state index contributed by atoms with van der Waals surface area (Å²) in [5.74, 6) is 0.852. The number of nitrogens with two attached hydrogens (primary N) is 1. The summed E-state index contributed by atoms with van der Waals surface area (Å²) < 4.78 is 10.1. The summed E-state index contributed by atoms with van der Waals surface area (Å²) in [6, 6.07) is 22.6. The Balaban J connectivity index is 0.00000148. The molecule has 3 N–H and O–H groups in total. The highest BCUT2D eigenvalue weighted by atomic mass is 32.2. The highest BCUT2D eigenvalue weighted by molar-refractivity contribution is 7.97. The van der Waals surface area contributed by atoms with E-state index in [9.17, 15) is 0 Å². The van der Waals surface area contributed by atoms with Gasteiger partial charge in [-0.25, -0.2) is 9.71 Å². The lowest BCUT2D eigenvalue weighted by molar-refractivity contribution is -0.0979. The number of carbonyl (C=O) groups is 1. The number of nitrogen functional groups attached to an aromatic ring is 1. The van der Waals surface area contributed by atoms with Gasteiger partial charge < -0.3 is 15.3 Å². The van der Waals surface area contributed by atoms with Gasteiger partial charge in [0.05, 0.1) is 23.4 Å². The molecule has 0 saturated heterocycles. The predicted octanol–water partition coefficient (Wildman–Crippen LogP) is 8.67. The van der Waals surface area contributed by atoms with E-state index < -0.39 is 0 Å². The number of anilines is 1. The number of nitrogens with zero attached hydrogens (tertiary/aromatic N) is 1. The van der Waals surface area contributed by atoms with Crippen LogP contribution in [0.3, 0.4) is 0 Å². The van der Waals surface area contributed by atoms with Crippen molar-refractivity contribution in [2.75, 3.05) is 12.8 Å². The van der Waals surface area contributed by atoms with Crippen molar-refractivity contribution in [1.82, 2.24) is 9.71 Å². The zero-order chi connectivity index (χ0) is 28.2. The lowest BCUT2D eigenvalue weighted by Crippen LogP contribution is -2.17. The second-order valence-electron chi connectivity index (χ2n) is 6.92. The Morgan fingerprint density at radius 2 is 1.65 bits per heavy atom. The number of methoxy groups -OCH3 is 1. The molecule has 4 rings (SSSR count). The van der Waals surface area contributed by atoms with Gasteiger partial charge in [-0.15, -0.1) is 11.3 Å². The molecule has 7 heteroatoms. The molecule has 3 aromatic carbocycles. The summed E-state index contributed by atoms with van der Waals surface area (Å²) >= 11 is 3.30. The number of rotatable bonds is 7. The van der Waals surface area contributed by atoms with E-state index in [2.05, 4.69) is 42.0 Å². The molecule has 0 aliphatic heterocycles. The average Bonchev–Trinajstić information content (AvgIpc) is 3.39. The van der Waals surface area contributed by atoms with E-state index in [0.29, 0.717) is 0 Å². The van der Waals surface area contributed by atoms with E-state index in [1.54, 1.807) is 30.4 Å². The van der Waals surface area contributed by atoms with Crippen LogP contribution in [0.25, 0.3) is 10.2 Å². The van der Waals surface area contributed by atoms with Gasteiger partial charge in [0.2, 0.25) is 0 Å². The van der Waals surface area contributed by atoms with Crippen LogP contribution in [0.2, 0.25) is 0 Å². The van der Waals surface area contributed by atoms with Crippen molar-refractivity contribution in [2.24, 2.45) is 0 Å². The monoisotopic (exact) mass is 541 g/mol. The van der Waals surface area contributed by atoms with Gasteiger partial charge in [0, 0.05) is 10.6 Å². The van der Waals surface area contributed by atoms with Crippen LogP contribution in [0.1, 0.15) is 63.7 Å². The number of thiazole rings is 1.